The van der Waals surface area contributed by atoms with Crippen LogP contribution in [0.2, 0.25) is 0 Å². The molecule has 0 bridgehead atoms. The van der Waals surface area contributed by atoms with E-state index in [1.807, 2.05) is 13.0 Å². The van der Waals surface area contributed by atoms with Gasteiger partial charge in [0.15, 0.2) is 0 Å². The molecule has 0 aromatic heterocycles. The highest BCUT2D eigenvalue weighted by Crippen LogP contribution is 2.12. The van der Waals surface area contributed by atoms with E-state index >= 15 is 0 Å². The summed E-state index contributed by atoms with van der Waals surface area (Å²) in [5, 5.41) is 5.64. The zero-order valence-electron chi connectivity index (χ0n) is 13.7. The molecule has 2 N–H and O–H groups in total. The van der Waals surface area contributed by atoms with Crippen LogP contribution in [0.25, 0.3) is 0 Å². The van der Waals surface area contributed by atoms with Gasteiger partial charge in [-0.1, -0.05) is 24.3 Å². The number of nitrogens with one attached hydrogen (secondary N) is 2. The fourth-order valence-corrected chi connectivity index (χ4v) is 2.15. The molecule has 0 atom stereocenters. The van der Waals surface area contributed by atoms with Crippen molar-refractivity contribution in [1.82, 2.24) is 5.32 Å². The minimum Gasteiger partial charge on any atom is -0.382 e. The third kappa shape index (κ3) is 5.52. The molecule has 0 aliphatic rings. The molecule has 5 heteroatoms. The predicted molar refractivity (Wildman–Crippen MR) is 94.3 cm³/mol. The van der Waals surface area contributed by atoms with Crippen molar-refractivity contribution >= 4 is 17.5 Å². The number of ether oxygens (including phenoxy) is 1. The largest absolute Gasteiger partial charge is 0.382 e. The molecule has 0 heterocycles. The molecule has 2 aromatic carbocycles. The maximum absolute atomic E-state index is 12.1. The quantitative estimate of drug-likeness (QED) is 0.733. The Balaban J connectivity index is 1.91. The van der Waals surface area contributed by atoms with Gasteiger partial charge in [-0.3, -0.25) is 9.59 Å². The molecule has 0 saturated carbocycles. The molecule has 5 nitrogen and oxygen atoms in total. The van der Waals surface area contributed by atoms with Crippen LogP contribution in [0.15, 0.2) is 54.6 Å². The van der Waals surface area contributed by atoms with Crippen LogP contribution in [-0.4, -0.2) is 31.6 Å². The molecule has 0 aliphatic carbocycles. The molecule has 0 radical (unpaired) electrons. The molecule has 2 aromatic rings. The number of amides is 2. The number of anilines is 1. The first-order valence-corrected chi connectivity index (χ1v) is 8.03. The van der Waals surface area contributed by atoms with E-state index < -0.39 is 0 Å². The Morgan fingerprint density at radius 3 is 2.46 bits per heavy atom. The molecule has 0 spiro atoms. The summed E-state index contributed by atoms with van der Waals surface area (Å²) in [4.78, 5) is 24.3. The molecule has 126 valence electrons. The fraction of sp³-hybridized carbons (Fsp3) is 0.263. The summed E-state index contributed by atoms with van der Waals surface area (Å²) in [6.45, 7) is 3.80. The maximum Gasteiger partial charge on any atom is 0.255 e. The van der Waals surface area contributed by atoms with Crippen molar-refractivity contribution in [1.29, 1.82) is 0 Å². The van der Waals surface area contributed by atoms with E-state index in [0.29, 0.717) is 36.6 Å². The second-order valence-electron chi connectivity index (χ2n) is 5.21. The highest BCUT2D eigenvalue weighted by molar-refractivity contribution is 6.05. The van der Waals surface area contributed by atoms with Gasteiger partial charge in [0.1, 0.15) is 0 Å². The maximum atomic E-state index is 12.1. The standard InChI is InChI=1S/C19H22N2O3/c1-2-24-13-7-12-20-18(22)16-10-6-11-17(14-16)21-19(23)15-8-4-3-5-9-15/h3-6,8-11,14H,2,7,12-13H2,1H3,(H,20,22)(H,21,23). The molecular weight excluding hydrogens is 304 g/mol. The Hall–Kier alpha value is -2.66. The molecule has 2 rings (SSSR count). The van der Waals surface area contributed by atoms with Gasteiger partial charge in [-0.25, -0.2) is 0 Å². The predicted octanol–water partition coefficient (Wildman–Crippen LogP) is 3.10. The zero-order valence-corrected chi connectivity index (χ0v) is 13.7. The summed E-state index contributed by atoms with van der Waals surface area (Å²) >= 11 is 0. The van der Waals surface area contributed by atoms with Gasteiger partial charge in [-0.05, 0) is 43.7 Å². The smallest absolute Gasteiger partial charge is 0.255 e. The van der Waals surface area contributed by atoms with Crippen molar-refractivity contribution in [3.63, 3.8) is 0 Å². The van der Waals surface area contributed by atoms with Crippen LogP contribution in [-0.2, 0) is 4.74 Å². The van der Waals surface area contributed by atoms with Gasteiger partial charge in [0, 0.05) is 36.6 Å². The summed E-state index contributed by atoms with van der Waals surface area (Å²) in [5.74, 6) is -0.368. The van der Waals surface area contributed by atoms with Crippen LogP contribution in [0.4, 0.5) is 5.69 Å². The molecule has 0 unspecified atom stereocenters. The van der Waals surface area contributed by atoms with Gasteiger partial charge < -0.3 is 15.4 Å². The lowest BCUT2D eigenvalue weighted by molar-refractivity contribution is 0.0943. The van der Waals surface area contributed by atoms with Crippen LogP contribution in [0.5, 0.6) is 0 Å². The molecule has 0 fully saturated rings. The number of carbonyl (C=O) groups is 2. The zero-order chi connectivity index (χ0) is 17.2. The molecular formula is C19H22N2O3. The van der Waals surface area contributed by atoms with Gasteiger partial charge in [0.25, 0.3) is 11.8 Å². The van der Waals surface area contributed by atoms with Crippen molar-refractivity contribution < 1.29 is 14.3 Å². The molecule has 0 saturated heterocycles. The van der Waals surface area contributed by atoms with Gasteiger partial charge in [0.05, 0.1) is 0 Å². The van der Waals surface area contributed by atoms with Crippen LogP contribution < -0.4 is 10.6 Å². The molecule has 0 aliphatic heterocycles. The van der Waals surface area contributed by atoms with Gasteiger partial charge in [0.2, 0.25) is 0 Å². The van der Waals surface area contributed by atoms with Crippen LogP contribution >= 0.6 is 0 Å². The summed E-state index contributed by atoms with van der Waals surface area (Å²) < 4.78 is 5.23. The summed E-state index contributed by atoms with van der Waals surface area (Å²) in [5.41, 5.74) is 1.67. The van der Waals surface area contributed by atoms with Crippen LogP contribution in [0, 0.1) is 0 Å². The average Bonchev–Trinajstić information content (AvgIpc) is 2.62. The average molecular weight is 326 g/mol. The first kappa shape index (κ1) is 17.7. The van der Waals surface area contributed by atoms with Crippen molar-refractivity contribution in [2.24, 2.45) is 0 Å². The van der Waals surface area contributed by atoms with E-state index in [2.05, 4.69) is 10.6 Å². The summed E-state index contributed by atoms with van der Waals surface area (Å²) in [7, 11) is 0. The number of hydrogen-bond acceptors (Lipinski definition) is 3. The minimum absolute atomic E-state index is 0.165. The number of benzene rings is 2. The van der Waals surface area contributed by atoms with Crippen molar-refractivity contribution in [3.05, 3.63) is 65.7 Å². The van der Waals surface area contributed by atoms with Crippen LogP contribution in [0.3, 0.4) is 0 Å². The van der Waals surface area contributed by atoms with Crippen LogP contribution in [0.1, 0.15) is 34.1 Å². The second-order valence-corrected chi connectivity index (χ2v) is 5.21. The lowest BCUT2D eigenvalue weighted by atomic mass is 10.1. The van der Waals surface area contributed by atoms with E-state index in [-0.39, 0.29) is 11.8 Å². The normalized spacial score (nSPS) is 10.2. The van der Waals surface area contributed by atoms with Gasteiger partial charge in [-0.15, -0.1) is 0 Å². The Labute approximate surface area is 142 Å². The first-order chi connectivity index (χ1) is 11.7. The third-order valence-corrected chi connectivity index (χ3v) is 3.37. The van der Waals surface area contributed by atoms with Crippen molar-refractivity contribution in [3.8, 4) is 0 Å². The second kappa shape index (κ2) is 9.47. The van der Waals surface area contributed by atoms with Crippen molar-refractivity contribution in [2.45, 2.75) is 13.3 Å². The van der Waals surface area contributed by atoms with Gasteiger partial charge in [-0.2, -0.15) is 0 Å². The third-order valence-electron chi connectivity index (χ3n) is 3.37. The van der Waals surface area contributed by atoms with E-state index in [4.69, 9.17) is 4.74 Å². The van der Waals surface area contributed by atoms with E-state index in [9.17, 15) is 9.59 Å². The SMILES string of the molecule is CCOCCCNC(=O)c1cccc(NC(=O)c2ccccc2)c1. The topological polar surface area (TPSA) is 67.4 Å². The highest BCUT2D eigenvalue weighted by Gasteiger charge is 2.08. The van der Waals surface area contributed by atoms with Gasteiger partial charge >= 0.3 is 0 Å². The Morgan fingerprint density at radius 2 is 1.71 bits per heavy atom. The Morgan fingerprint density at radius 1 is 0.958 bits per heavy atom. The first-order valence-electron chi connectivity index (χ1n) is 8.03. The molecule has 24 heavy (non-hydrogen) atoms. The number of hydrogen-bond donors (Lipinski definition) is 2. The number of carbonyl (C=O) groups excluding carboxylic acids is 2. The Kier molecular flexibility index (Phi) is 6.98. The van der Waals surface area contributed by atoms with E-state index in [1.165, 1.54) is 0 Å². The monoisotopic (exact) mass is 326 g/mol. The minimum atomic E-state index is -0.204. The summed E-state index contributed by atoms with van der Waals surface area (Å²) in [6, 6.07) is 15.8. The number of rotatable bonds is 8. The lowest BCUT2D eigenvalue weighted by Gasteiger charge is -2.08. The lowest BCUT2D eigenvalue weighted by Crippen LogP contribution is -2.25. The van der Waals surface area contributed by atoms with E-state index in [0.717, 1.165) is 6.42 Å². The highest BCUT2D eigenvalue weighted by atomic mass is 16.5. The summed E-state index contributed by atoms with van der Waals surface area (Å²) in [6.07, 6.45) is 0.768. The Bertz CT molecular complexity index is 671. The van der Waals surface area contributed by atoms with E-state index in [1.54, 1.807) is 48.5 Å². The van der Waals surface area contributed by atoms with Crippen molar-refractivity contribution in [2.75, 3.05) is 25.1 Å². The molecule has 2 amide bonds. The fourth-order valence-electron chi connectivity index (χ4n) is 2.15.